The predicted octanol–water partition coefficient (Wildman–Crippen LogP) is 5.46. The van der Waals surface area contributed by atoms with E-state index < -0.39 is 22.2 Å². The van der Waals surface area contributed by atoms with Gasteiger partial charge in [0.2, 0.25) is 11.6 Å². The molecule has 11 heteroatoms. The topological polar surface area (TPSA) is 93.0 Å². The van der Waals surface area contributed by atoms with Crippen LogP contribution in [-0.4, -0.2) is 14.9 Å². The highest BCUT2D eigenvalue weighted by atomic mass is 35.5. The summed E-state index contributed by atoms with van der Waals surface area (Å²) in [6.45, 7) is 0. The first-order valence-corrected chi connectivity index (χ1v) is 8.04. The molecule has 0 aliphatic carbocycles. The van der Waals surface area contributed by atoms with Crippen molar-refractivity contribution in [2.75, 3.05) is 10.6 Å². The number of nitro groups is 1. The first-order chi connectivity index (χ1) is 12.8. The lowest BCUT2D eigenvalue weighted by Crippen LogP contribution is -2.06. The molecule has 0 saturated carbocycles. The van der Waals surface area contributed by atoms with E-state index in [2.05, 4.69) is 20.6 Å². The summed E-state index contributed by atoms with van der Waals surface area (Å²) in [4.78, 5) is 18.5. The van der Waals surface area contributed by atoms with Crippen molar-refractivity contribution >= 4 is 51.9 Å². The number of halogens is 4. The molecule has 2 aromatic carbocycles. The number of anilines is 4. The van der Waals surface area contributed by atoms with Gasteiger partial charge in [0, 0.05) is 16.8 Å². The second-order valence-corrected chi connectivity index (χ2v) is 6.02. The van der Waals surface area contributed by atoms with Gasteiger partial charge in [-0.2, -0.15) is 0 Å². The maximum absolute atomic E-state index is 13.4. The van der Waals surface area contributed by atoms with Crippen LogP contribution in [0, 0.1) is 21.7 Å². The van der Waals surface area contributed by atoms with Crippen molar-refractivity contribution in [1.82, 2.24) is 9.97 Å². The van der Waals surface area contributed by atoms with Crippen LogP contribution in [0.4, 0.5) is 37.5 Å². The second-order valence-electron chi connectivity index (χ2n) is 5.18. The lowest BCUT2D eigenvalue weighted by atomic mass is 10.3. The van der Waals surface area contributed by atoms with E-state index in [4.69, 9.17) is 23.2 Å². The zero-order valence-electron chi connectivity index (χ0n) is 13.2. The number of hydrogen-bond donors (Lipinski definition) is 2. The molecule has 27 heavy (non-hydrogen) atoms. The SMILES string of the molecule is O=[N+]([O-])c1c(Nc2ccc(F)c(F)c2)ncnc1Nc1cc(Cl)ccc1Cl. The zero-order valence-corrected chi connectivity index (χ0v) is 14.7. The Morgan fingerprint density at radius 3 is 2.33 bits per heavy atom. The summed E-state index contributed by atoms with van der Waals surface area (Å²) >= 11 is 12.0. The molecule has 0 spiro atoms. The van der Waals surface area contributed by atoms with Crippen LogP contribution in [0.15, 0.2) is 42.7 Å². The standard InChI is InChI=1S/C16H9Cl2F2N5O2/c17-8-1-3-10(18)13(5-8)24-16-14(25(26)27)15(21-7-22-16)23-9-2-4-11(19)12(20)6-9/h1-7H,(H2,21,22,23,24). The first kappa shape index (κ1) is 18.7. The van der Waals surface area contributed by atoms with E-state index in [0.29, 0.717) is 10.7 Å². The molecule has 3 rings (SSSR count). The third kappa shape index (κ3) is 4.21. The highest BCUT2D eigenvalue weighted by Gasteiger charge is 2.24. The minimum Gasteiger partial charge on any atom is -0.334 e. The highest BCUT2D eigenvalue weighted by molar-refractivity contribution is 6.35. The zero-order chi connectivity index (χ0) is 19.6. The van der Waals surface area contributed by atoms with Gasteiger partial charge in [0.1, 0.15) is 6.33 Å². The number of benzene rings is 2. The average molecular weight is 412 g/mol. The molecule has 1 aromatic heterocycles. The van der Waals surface area contributed by atoms with Crippen LogP contribution in [0.25, 0.3) is 0 Å². The molecular weight excluding hydrogens is 403 g/mol. The summed E-state index contributed by atoms with van der Waals surface area (Å²) in [5.74, 6) is -2.54. The fourth-order valence-electron chi connectivity index (χ4n) is 2.17. The fraction of sp³-hybridized carbons (Fsp3) is 0. The van der Waals surface area contributed by atoms with Crippen molar-refractivity contribution in [3.63, 3.8) is 0 Å². The first-order valence-electron chi connectivity index (χ1n) is 7.28. The Balaban J connectivity index is 2.00. The summed E-state index contributed by atoms with van der Waals surface area (Å²) in [6, 6.07) is 7.49. The van der Waals surface area contributed by atoms with Gasteiger partial charge in [0.25, 0.3) is 0 Å². The minimum absolute atomic E-state index is 0.0717. The van der Waals surface area contributed by atoms with Gasteiger partial charge in [-0.1, -0.05) is 23.2 Å². The van der Waals surface area contributed by atoms with Crippen LogP contribution in [0.1, 0.15) is 0 Å². The normalized spacial score (nSPS) is 10.5. The highest BCUT2D eigenvalue weighted by Crippen LogP contribution is 2.35. The van der Waals surface area contributed by atoms with Crippen LogP contribution in [0.5, 0.6) is 0 Å². The van der Waals surface area contributed by atoms with Crippen LogP contribution in [-0.2, 0) is 0 Å². The quantitative estimate of drug-likeness (QED) is 0.427. The van der Waals surface area contributed by atoms with E-state index in [1.807, 2.05) is 0 Å². The van der Waals surface area contributed by atoms with Crippen molar-refractivity contribution in [3.05, 3.63) is 74.5 Å². The van der Waals surface area contributed by atoms with Crippen LogP contribution >= 0.6 is 23.2 Å². The molecule has 0 bridgehead atoms. The lowest BCUT2D eigenvalue weighted by Gasteiger charge is -2.11. The molecule has 3 aromatic rings. The van der Waals surface area contributed by atoms with E-state index in [1.165, 1.54) is 18.2 Å². The van der Waals surface area contributed by atoms with Crippen molar-refractivity contribution in [2.45, 2.75) is 0 Å². The van der Waals surface area contributed by atoms with Crippen LogP contribution in [0.2, 0.25) is 10.0 Å². The Morgan fingerprint density at radius 1 is 0.963 bits per heavy atom. The molecule has 0 radical (unpaired) electrons. The minimum atomic E-state index is -1.11. The lowest BCUT2D eigenvalue weighted by molar-refractivity contribution is -0.383. The Bertz CT molecular complexity index is 1040. The smallest absolute Gasteiger partial charge is 0.334 e. The summed E-state index contributed by atoms with van der Waals surface area (Å²) in [7, 11) is 0. The molecule has 0 fully saturated rings. The van der Waals surface area contributed by atoms with E-state index >= 15 is 0 Å². The van der Waals surface area contributed by atoms with Crippen molar-refractivity contribution in [3.8, 4) is 0 Å². The van der Waals surface area contributed by atoms with Gasteiger partial charge in [-0.25, -0.2) is 18.7 Å². The van der Waals surface area contributed by atoms with Gasteiger partial charge in [-0.05, 0) is 30.3 Å². The molecule has 0 aliphatic rings. The van der Waals surface area contributed by atoms with E-state index in [9.17, 15) is 18.9 Å². The molecule has 7 nitrogen and oxygen atoms in total. The van der Waals surface area contributed by atoms with Gasteiger partial charge in [-0.3, -0.25) is 10.1 Å². The molecule has 2 N–H and O–H groups in total. The maximum atomic E-state index is 13.4. The van der Waals surface area contributed by atoms with Crippen molar-refractivity contribution in [1.29, 1.82) is 0 Å². The molecule has 0 aliphatic heterocycles. The molecular formula is C16H9Cl2F2N5O2. The number of aromatic nitrogens is 2. The largest absolute Gasteiger partial charge is 0.353 e. The summed E-state index contributed by atoms with van der Waals surface area (Å²) < 4.78 is 26.4. The summed E-state index contributed by atoms with van der Waals surface area (Å²) in [5, 5.41) is 17.5. The Labute approximate surface area is 161 Å². The van der Waals surface area contributed by atoms with E-state index in [1.54, 1.807) is 6.07 Å². The number of nitrogens with one attached hydrogen (secondary N) is 2. The van der Waals surface area contributed by atoms with Gasteiger partial charge in [0.15, 0.2) is 11.6 Å². The van der Waals surface area contributed by atoms with Gasteiger partial charge in [0.05, 0.1) is 15.6 Å². The number of hydrogen-bond acceptors (Lipinski definition) is 6. The van der Waals surface area contributed by atoms with Gasteiger partial charge >= 0.3 is 5.69 Å². The van der Waals surface area contributed by atoms with Crippen molar-refractivity contribution in [2.24, 2.45) is 0 Å². The van der Waals surface area contributed by atoms with E-state index in [-0.39, 0.29) is 22.3 Å². The molecule has 0 saturated heterocycles. The second kappa shape index (κ2) is 7.68. The molecule has 1 heterocycles. The average Bonchev–Trinajstić information content (AvgIpc) is 2.61. The van der Waals surface area contributed by atoms with E-state index in [0.717, 1.165) is 18.5 Å². The summed E-state index contributed by atoms with van der Waals surface area (Å²) in [5.41, 5.74) is -0.148. The fourth-order valence-corrected chi connectivity index (χ4v) is 2.50. The monoisotopic (exact) mass is 411 g/mol. The Kier molecular flexibility index (Phi) is 5.33. The Morgan fingerprint density at radius 2 is 1.67 bits per heavy atom. The van der Waals surface area contributed by atoms with Gasteiger partial charge in [-0.15, -0.1) is 0 Å². The molecule has 138 valence electrons. The third-order valence-corrected chi connectivity index (χ3v) is 3.93. The predicted molar refractivity (Wildman–Crippen MR) is 98.1 cm³/mol. The van der Waals surface area contributed by atoms with Crippen LogP contribution < -0.4 is 10.6 Å². The number of nitrogens with zero attached hydrogens (tertiary/aromatic N) is 3. The van der Waals surface area contributed by atoms with Gasteiger partial charge < -0.3 is 10.6 Å². The Hall–Kier alpha value is -3.04. The maximum Gasteiger partial charge on any atom is 0.353 e. The number of rotatable bonds is 5. The third-order valence-electron chi connectivity index (χ3n) is 3.37. The summed E-state index contributed by atoms with van der Waals surface area (Å²) in [6.07, 6.45) is 1.07. The molecule has 0 unspecified atom stereocenters. The molecule has 0 atom stereocenters. The molecule has 0 amide bonds. The van der Waals surface area contributed by atoms with Crippen molar-refractivity contribution < 1.29 is 13.7 Å². The van der Waals surface area contributed by atoms with Crippen LogP contribution in [0.3, 0.4) is 0 Å².